The second-order valence-electron chi connectivity index (χ2n) is 3.58. The van der Waals surface area contributed by atoms with Crippen molar-refractivity contribution >= 4 is 11.0 Å². The van der Waals surface area contributed by atoms with E-state index in [-0.39, 0.29) is 0 Å². The number of aryl methyl sites for hydroxylation is 1. The molecule has 0 spiro atoms. The lowest BCUT2D eigenvalue weighted by atomic mass is 10.3. The minimum Gasteiger partial charge on any atom is -0.329 e. The second-order valence-corrected chi connectivity index (χ2v) is 3.58. The summed E-state index contributed by atoms with van der Waals surface area (Å²) in [5, 5.41) is 0. The van der Waals surface area contributed by atoms with E-state index in [2.05, 4.69) is 4.98 Å². The summed E-state index contributed by atoms with van der Waals surface area (Å²) >= 11 is 0. The van der Waals surface area contributed by atoms with E-state index < -0.39 is 11.6 Å². The summed E-state index contributed by atoms with van der Waals surface area (Å²) in [5.74, 6) is -0.925. The lowest BCUT2D eigenvalue weighted by Crippen LogP contribution is -2.12. The number of nitrogens with two attached hydrogens (primary N) is 1. The summed E-state index contributed by atoms with van der Waals surface area (Å²) in [6, 6.07) is 2.29. The molecular weight excluding hydrogens is 212 g/mol. The Morgan fingerprint density at radius 1 is 1.31 bits per heavy atom. The van der Waals surface area contributed by atoms with Gasteiger partial charge in [0.25, 0.3) is 0 Å². The molecule has 1 aromatic carbocycles. The van der Waals surface area contributed by atoms with Gasteiger partial charge < -0.3 is 10.3 Å². The van der Waals surface area contributed by atoms with Gasteiger partial charge in [-0.05, 0) is 0 Å². The Labute approximate surface area is 91.9 Å². The molecule has 2 N–H and O–H groups in total. The van der Waals surface area contributed by atoms with Crippen molar-refractivity contribution in [3.05, 3.63) is 29.6 Å². The SMILES string of the molecule is CCc1nc2cc(F)c(F)cc2n1CCN. The summed E-state index contributed by atoms with van der Waals surface area (Å²) in [6.45, 7) is 2.95. The highest BCUT2D eigenvalue weighted by atomic mass is 19.2. The van der Waals surface area contributed by atoms with E-state index >= 15 is 0 Å². The number of nitrogens with zero attached hydrogens (tertiary/aromatic N) is 2. The Bertz CT molecular complexity index is 519. The highest BCUT2D eigenvalue weighted by molar-refractivity contribution is 5.76. The van der Waals surface area contributed by atoms with E-state index in [4.69, 9.17) is 5.73 Å². The number of imidazole rings is 1. The molecule has 5 heteroatoms. The molecule has 0 bridgehead atoms. The van der Waals surface area contributed by atoms with Crippen LogP contribution in [0.1, 0.15) is 12.7 Å². The van der Waals surface area contributed by atoms with Crippen LogP contribution in [0.3, 0.4) is 0 Å². The number of benzene rings is 1. The molecular formula is C11H13F2N3. The standard InChI is InChI=1S/C11H13F2N3/c1-2-11-15-9-5-7(12)8(13)6-10(9)16(11)4-3-14/h5-6H,2-4,14H2,1H3. The van der Waals surface area contributed by atoms with Crippen LogP contribution in [0.25, 0.3) is 11.0 Å². The third-order valence-electron chi connectivity index (χ3n) is 2.54. The monoisotopic (exact) mass is 225 g/mol. The molecule has 3 nitrogen and oxygen atoms in total. The average molecular weight is 225 g/mol. The number of halogens is 2. The van der Waals surface area contributed by atoms with Crippen molar-refractivity contribution in [3.63, 3.8) is 0 Å². The van der Waals surface area contributed by atoms with E-state index in [1.807, 2.05) is 11.5 Å². The maximum absolute atomic E-state index is 13.1. The van der Waals surface area contributed by atoms with Gasteiger partial charge in [0.05, 0.1) is 11.0 Å². The topological polar surface area (TPSA) is 43.8 Å². The van der Waals surface area contributed by atoms with Crippen LogP contribution < -0.4 is 5.73 Å². The van der Waals surface area contributed by atoms with Gasteiger partial charge in [-0.1, -0.05) is 6.92 Å². The molecule has 0 saturated carbocycles. The van der Waals surface area contributed by atoms with Crippen LogP contribution in [-0.4, -0.2) is 16.1 Å². The van der Waals surface area contributed by atoms with Gasteiger partial charge in [0.15, 0.2) is 11.6 Å². The van der Waals surface area contributed by atoms with Gasteiger partial charge in [0, 0.05) is 31.6 Å². The lowest BCUT2D eigenvalue weighted by molar-refractivity contribution is 0.510. The van der Waals surface area contributed by atoms with E-state index in [0.29, 0.717) is 30.5 Å². The quantitative estimate of drug-likeness (QED) is 0.866. The summed E-state index contributed by atoms with van der Waals surface area (Å²) in [7, 11) is 0. The zero-order valence-electron chi connectivity index (χ0n) is 9.00. The average Bonchev–Trinajstić information content (AvgIpc) is 2.58. The van der Waals surface area contributed by atoms with Crippen molar-refractivity contribution in [2.24, 2.45) is 5.73 Å². The molecule has 1 aromatic heterocycles. The molecule has 2 aromatic rings. The van der Waals surface area contributed by atoms with Gasteiger partial charge in [-0.3, -0.25) is 0 Å². The van der Waals surface area contributed by atoms with Crippen molar-refractivity contribution in [3.8, 4) is 0 Å². The molecule has 0 amide bonds. The Morgan fingerprint density at radius 3 is 2.62 bits per heavy atom. The maximum Gasteiger partial charge on any atom is 0.161 e. The first-order valence-electron chi connectivity index (χ1n) is 5.21. The third kappa shape index (κ3) is 1.67. The number of hydrogen-bond donors (Lipinski definition) is 1. The van der Waals surface area contributed by atoms with Gasteiger partial charge in [-0.25, -0.2) is 13.8 Å². The second kappa shape index (κ2) is 4.17. The van der Waals surface area contributed by atoms with E-state index in [1.54, 1.807) is 0 Å². The Morgan fingerprint density at radius 2 is 2.00 bits per heavy atom. The van der Waals surface area contributed by atoms with E-state index in [0.717, 1.165) is 11.9 Å². The van der Waals surface area contributed by atoms with E-state index in [9.17, 15) is 8.78 Å². The van der Waals surface area contributed by atoms with Gasteiger partial charge in [-0.15, -0.1) is 0 Å². The highest BCUT2D eigenvalue weighted by Gasteiger charge is 2.12. The van der Waals surface area contributed by atoms with Crippen LogP contribution in [0.2, 0.25) is 0 Å². The largest absolute Gasteiger partial charge is 0.329 e. The van der Waals surface area contributed by atoms with Crippen molar-refractivity contribution in [2.75, 3.05) is 6.54 Å². The van der Waals surface area contributed by atoms with Crippen LogP contribution in [0.15, 0.2) is 12.1 Å². The van der Waals surface area contributed by atoms with Crippen molar-refractivity contribution < 1.29 is 8.78 Å². The fraction of sp³-hybridized carbons (Fsp3) is 0.364. The first-order chi connectivity index (χ1) is 7.67. The Kier molecular flexibility index (Phi) is 2.87. The molecule has 16 heavy (non-hydrogen) atoms. The lowest BCUT2D eigenvalue weighted by Gasteiger charge is -2.05. The van der Waals surface area contributed by atoms with Gasteiger partial charge in [0.2, 0.25) is 0 Å². The molecule has 0 radical (unpaired) electrons. The van der Waals surface area contributed by atoms with Crippen molar-refractivity contribution in [2.45, 2.75) is 19.9 Å². The predicted molar refractivity (Wildman–Crippen MR) is 58.1 cm³/mol. The van der Waals surface area contributed by atoms with Gasteiger partial charge >= 0.3 is 0 Å². The zero-order chi connectivity index (χ0) is 11.7. The van der Waals surface area contributed by atoms with Crippen LogP contribution in [0.4, 0.5) is 8.78 Å². The maximum atomic E-state index is 13.1. The normalized spacial score (nSPS) is 11.2. The number of fused-ring (bicyclic) bond motifs is 1. The smallest absolute Gasteiger partial charge is 0.161 e. The summed E-state index contributed by atoms with van der Waals surface area (Å²) < 4.78 is 28.0. The predicted octanol–water partition coefficient (Wildman–Crippen LogP) is 1.84. The number of rotatable bonds is 3. The number of hydrogen-bond acceptors (Lipinski definition) is 2. The highest BCUT2D eigenvalue weighted by Crippen LogP contribution is 2.20. The third-order valence-corrected chi connectivity index (χ3v) is 2.54. The molecule has 86 valence electrons. The minimum absolute atomic E-state index is 0.442. The summed E-state index contributed by atoms with van der Waals surface area (Å²) in [5.41, 5.74) is 6.56. The minimum atomic E-state index is -0.868. The zero-order valence-corrected chi connectivity index (χ0v) is 9.00. The fourth-order valence-corrected chi connectivity index (χ4v) is 1.82. The molecule has 2 rings (SSSR count). The van der Waals surface area contributed by atoms with Crippen molar-refractivity contribution in [1.82, 2.24) is 9.55 Å². The first kappa shape index (κ1) is 11.0. The van der Waals surface area contributed by atoms with Crippen molar-refractivity contribution in [1.29, 1.82) is 0 Å². The van der Waals surface area contributed by atoms with Gasteiger partial charge in [0.1, 0.15) is 5.82 Å². The molecule has 0 aliphatic rings. The molecule has 0 aliphatic carbocycles. The molecule has 0 unspecified atom stereocenters. The molecule has 0 aliphatic heterocycles. The Hall–Kier alpha value is -1.49. The van der Waals surface area contributed by atoms with E-state index in [1.165, 1.54) is 6.07 Å². The van der Waals surface area contributed by atoms with Crippen LogP contribution in [0, 0.1) is 11.6 Å². The summed E-state index contributed by atoms with van der Waals surface area (Å²) in [4.78, 5) is 4.25. The number of aromatic nitrogens is 2. The fourth-order valence-electron chi connectivity index (χ4n) is 1.82. The molecule has 0 atom stereocenters. The summed E-state index contributed by atoms with van der Waals surface area (Å²) in [6.07, 6.45) is 0.706. The molecule has 0 saturated heterocycles. The van der Waals surface area contributed by atoms with Crippen LogP contribution >= 0.6 is 0 Å². The Balaban J connectivity index is 2.69. The van der Waals surface area contributed by atoms with Gasteiger partial charge in [-0.2, -0.15) is 0 Å². The van der Waals surface area contributed by atoms with Crippen LogP contribution in [-0.2, 0) is 13.0 Å². The van der Waals surface area contributed by atoms with Crippen LogP contribution in [0.5, 0.6) is 0 Å². The molecule has 0 fully saturated rings. The molecule has 1 heterocycles. The first-order valence-corrected chi connectivity index (χ1v) is 5.21.